The number of halogens is 1. The Hall–Kier alpha value is -0.900. The van der Waals surface area contributed by atoms with Crippen LogP contribution in [0, 0.1) is 6.92 Å². The molecule has 0 aliphatic carbocycles. The third-order valence-corrected chi connectivity index (χ3v) is 3.22. The molecule has 1 aromatic carbocycles. The minimum Gasteiger partial charge on any atom is -0.262 e. The van der Waals surface area contributed by atoms with Crippen LogP contribution in [0.4, 0.5) is 0 Å². The molecule has 0 aliphatic rings. The molecule has 0 saturated carbocycles. The van der Waals surface area contributed by atoms with Crippen LogP contribution in [0.15, 0.2) is 42.6 Å². The van der Waals surface area contributed by atoms with Crippen molar-refractivity contribution in [1.29, 1.82) is 0 Å². The maximum atomic E-state index is 4.20. The van der Waals surface area contributed by atoms with Gasteiger partial charge in [-0.15, -0.1) is 0 Å². The van der Waals surface area contributed by atoms with Crippen molar-refractivity contribution in [2.75, 3.05) is 0 Å². The van der Waals surface area contributed by atoms with Crippen molar-refractivity contribution in [1.82, 2.24) is 4.98 Å². The molecule has 0 amide bonds. The summed E-state index contributed by atoms with van der Waals surface area (Å²) in [6, 6.07) is 12.9. The van der Waals surface area contributed by atoms with Crippen LogP contribution in [0.2, 0.25) is 0 Å². The zero-order valence-electron chi connectivity index (χ0n) is 8.57. The lowest BCUT2D eigenvalue weighted by molar-refractivity contribution is 1.20. The van der Waals surface area contributed by atoms with E-state index in [0.29, 0.717) is 0 Å². The van der Waals surface area contributed by atoms with Crippen LogP contribution in [0.25, 0.3) is 11.1 Å². The molecule has 2 rings (SSSR count). The molecule has 2 aromatic rings. The fourth-order valence-electron chi connectivity index (χ4n) is 1.51. The first kappa shape index (κ1) is 10.6. The van der Waals surface area contributed by atoms with Crippen molar-refractivity contribution in [2.45, 2.75) is 11.4 Å². The molecular formula is C13H12IN. The van der Waals surface area contributed by atoms with E-state index in [9.17, 15) is 0 Å². The molecule has 2 heteroatoms. The van der Waals surface area contributed by atoms with E-state index in [1.165, 1.54) is 16.7 Å². The SMILES string of the molecule is Cc1cc(-c2ccc(CI)cc2)ccn1. The summed E-state index contributed by atoms with van der Waals surface area (Å²) in [7, 11) is 0. The first-order valence-electron chi connectivity index (χ1n) is 4.87. The van der Waals surface area contributed by atoms with Gasteiger partial charge in [0.15, 0.2) is 0 Å². The Balaban J connectivity index is 2.37. The zero-order chi connectivity index (χ0) is 10.7. The molecule has 0 radical (unpaired) electrons. The normalized spacial score (nSPS) is 10.3. The molecule has 0 aliphatic heterocycles. The van der Waals surface area contributed by atoms with E-state index in [4.69, 9.17) is 0 Å². The number of rotatable bonds is 2. The van der Waals surface area contributed by atoms with Crippen LogP contribution in [0.1, 0.15) is 11.3 Å². The lowest BCUT2D eigenvalue weighted by atomic mass is 10.1. The number of aryl methyl sites for hydroxylation is 1. The monoisotopic (exact) mass is 309 g/mol. The van der Waals surface area contributed by atoms with E-state index in [2.05, 4.69) is 57.9 Å². The third kappa shape index (κ3) is 2.56. The molecule has 0 spiro atoms. The highest BCUT2D eigenvalue weighted by Crippen LogP contribution is 2.20. The van der Waals surface area contributed by atoms with Gasteiger partial charge in [0.25, 0.3) is 0 Å². The quantitative estimate of drug-likeness (QED) is 0.604. The maximum Gasteiger partial charge on any atom is 0.0378 e. The van der Waals surface area contributed by atoms with Gasteiger partial charge >= 0.3 is 0 Å². The topological polar surface area (TPSA) is 12.9 Å². The lowest BCUT2D eigenvalue weighted by Crippen LogP contribution is -1.83. The van der Waals surface area contributed by atoms with Crippen molar-refractivity contribution in [3.05, 3.63) is 53.9 Å². The van der Waals surface area contributed by atoms with Crippen molar-refractivity contribution in [2.24, 2.45) is 0 Å². The van der Waals surface area contributed by atoms with Gasteiger partial charge in [-0.25, -0.2) is 0 Å². The summed E-state index contributed by atoms with van der Waals surface area (Å²) in [6.07, 6.45) is 1.86. The molecule has 1 heterocycles. The summed E-state index contributed by atoms with van der Waals surface area (Å²) in [4.78, 5) is 4.20. The molecule has 0 unspecified atom stereocenters. The van der Waals surface area contributed by atoms with Gasteiger partial charge in [-0.05, 0) is 35.7 Å². The van der Waals surface area contributed by atoms with Crippen molar-refractivity contribution >= 4 is 22.6 Å². The van der Waals surface area contributed by atoms with Crippen LogP contribution in [0.3, 0.4) is 0 Å². The standard InChI is InChI=1S/C13H12IN/c1-10-8-13(6-7-15-10)12-4-2-11(9-14)3-5-12/h2-8H,9H2,1H3. The predicted octanol–water partition coefficient (Wildman–Crippen LogP) is 3.99. The number of hydrogen-bond donors (Lipinski definition) is 0. The Morgan fingerprint density at radius 2 is 1.80 bits per heavy atom. The molecule has 0 bridgehead atoms. The van der Waals surface area contributed by atoms with Crippen LogP contribution in [-0.4, -0.2) is 4.98 Å². The van der Waals surface area contributed by atoms with Crippen LogP contribution in [-0.2, 0) is 4.43 Å². The number of benzene rings is 1. The van der Waals surface area contributed by atoms with Gasteiger partial charge in [-0.2, -0.15) is 0 Å². The summed E-state index contributed by atoms with van der Waals surface area (Å²) in [5.41, 5.74) is 4.92. The van der Waals surface area contributed by atoms with Crippen molar-refractivity contribution in [3.8, 4) is 11.1 Å². The molecule has 0 N–H and O–H groups in total. The van der Waals surface area contributed by atoms with E-state index in [0.717, 1.165) is 10.1 Å². The van der Waals surface area contributed by atoms with Gasteiger partial charge in [0, 0.05) is 16.3 Å². The van der Waals surface area contributed by atoms with Gasteiger partial charge in [-0.3, -0.25) is 4.98 Å². The summed E-state index contributed by atoms with van der Waals surface area (Å²) < 4.78 is 1.06. The number of pyridine rings is 1. The third-order valence-electron chi connectivity index (χ3n) is 2.34. The molecule has 76 valence electrons. The van der Waals surface area contributed by atoms with Crippen molar-refractivity contribution < 1.29 is 0 Å². The summed E-state index contributed by atoms with van der Waals surface area (Å²) >= 11 is 2.38. The zero-order valence-corrected chi connectivity index (χ0v) is 10.7. The number of nitrogens with zero attached hydrogens (tertiary/aromatic N) is 1. The second-order valence-corrected chi connectivity index (χ2v) is 4.28. The average molecular weight is 309 g/mol. The fraction of sp³-hybridized carbons (Fsp3) is 0.154. The summed E-state index contributed by atoms with van der Waals surface area (Å²) in [6.45, 7) is 2.02. The highest BCUT2D eigenvalue weighted by atomic mass is 127. The smallest absolute Gasteiger partial charge is 0.0378 e. The van der Waals surface area contributed by atoms with E-state index in [-0.39, 0.29) is 0 Å². The molecule has 1 aromatic heterocycles. The Morgan fingerprint density at radius 1 is 1.07 bits per heavy atom. The molecular weight excluding hydrogens is 297 g/mol. The number of aromatic nitrogens is 1. The van der Waals surface area contributed by atoms with Crippen LogP contribution >= 0.6 is 22.6 Å². The van der Waals surface area contributed by atoms with Crippen LogP contribution < -0.4 is 0 Å². The summed E-state index contributed by atoms with van der Waals surface area (Å²) in [5, 5.41) is 0. The minimum absolute atomic E-state index is 1.06. The fourth-order valence-corrected chi connectivity index (χ4v) is 2.02. The summed E-state index contributed by atoms with van der Waals surface area (Å²) in [5.74, 6) is 0. The van der Waals surface area contributed by atoms with Crippen LogP contribution in [0.5, 0.6) is 0 Å². The van der Waals surface area contributed by atoms with E-state index in [1.54, 1.807) is 0 Å². The highest BCUT2D eigenvalue weighted by molar-refractivity contribution is 14.1. The lowest BCUT2D eigenvalue weighted by Gasteiger charge is -2.03. The van der Waals surface area contributed by atoms with E-state index < -0.39 is 0 Å². The molecule has 1 nitrogen and oxygen atoms in total. The first-order chi connectivity index (χ1) is 7.29. The Morgan fingerprint density at radius 3 is 2.40 bits per heavy atom. The Kier molecular flexibility index (Phi) is 3.36. The number of hydrogen-bond acceptors (Lipinski definition) is 1. The number of alkyl halides is 1. The van der Waals surface area contributed by atoms with Gasteiger partial charge in [-0.1, -0.05) is 46.9 Å². The molecule has 0 saturated heterocycles. The first-order valence-corrected chi connectivity index (χ1v) is 6.40. The van der Waals surface area contributed by atoms with Crippen molar-refractivity contribution in [3.63, 3.8) is 0 Å². The van der Waals surface area contributed by atoms with Gasteiger partial charge in [0.1, 0.15) is 0 Å². The Bertz CT molecular complexity index is 448. The van der Waals surface area contributed by atoms with E-state index in [1.807, 2.05) is 19.2 Å². The van der Waals surface area contributed by atoms with E-state index >= 15 is 0 Å². The molecule has 0 fully saturated rings. The van der Waals surface area contributed by atoms with Gasteiger partial charge in [0.05, 0.1) is 0 Å². The largest absolute Gasteiger partial charge is 0.262 e. The minimum atomic E-state index is 1.06. The molecule has 0 atom stereocenters. The predicted molar refractivity (Wildman–Crippen MR) is 72.1 cm³/mol. The Labute approximate surface area is 104 Å². The van der Waals surface area contributed by atoms with Gasteiger partial charge < -0.3 is 0 Å². The second-order valence-electron chi connectivity index (χ2n) is 3.52. The highest BCUT2D eigenvalue weighted by Gasteiger charge is 1.98. The maximum absolute atomic E-state index is 4.20. The average Bonchev–Trinajstić information content (AvgIpc) is 2.29. The second kappa shape index (κ2) is 4.75. The molecule has 15 heavy (non-hydrogen) atoms. The van der Waals surface area contributed by atoms with Gasteiger partial charge in [0.2, 0.25) is 0 Å².